The Morgan fingerprint density at radius 1 is 1.12 bits per heavy atom. The predicted octanol–water partition coefficient (Wildman–Crippen LogP) is 3.20. The Balaban J connectivity index is 1.54. The Hall–Kier alpha value is -3.81. The van der Waals surface area contributed by atoms with Crippen LogP contribution in [0.1, 0.15) is 62.0 Å². The van der Waals surface area contributed by atoms with Gasteiger partial charge in [0, 0.05) is 18.2 Å². The number of hydrogen-bond donors (Lipinski definition) is 5. The molecule has 0 aromatic heterocycles. The Morgan fingerprint density at radius 3 is 2.49 bits per heavy atom. The number of carbonyl (C=O) groups is 2. The number of anilines is 3. The fraction of sp³-hybridized carbons (Fsp3) is 0.467. The van der Waals surface area contributed by atoms with Gasteiger partial charge in [0.2, 0.25) is 10.0 Å². The number of amides is 2. The summed E-state index contributed by atoms with van der Waals surface area (Å²) in [5.41, 5.74) is 9.20. The number of sulfonamides is 1. The van der Waals surface area contributed by atoms with Gasteiger partial charge in [-0.05, 0) is 73.7 Å². The summed E-state index contributed by atoms with van der Waals surface area (Å²) in [5, 5.41) is 7.57. The fourth-order valence-electron chi connectivity index (χ4n) is 5.26. The van der Waals surface area contributed by atoms with Crippen molar-refractivity contribution < 1.29 is 22.7 Å². The van der Waals surface area contributed by atoms with E-state index in [1.54, 1.807) is 35.5 Å². The lowest BCUT2D eigenvalue weighted by Gasteiger charge is -2.24. The number of nitrogens with one attached hydrogen (secondary N) is 5. The molecule has 2 amide bonds. The van der Waals surface area contributed by atoms with Crippen LogP contribution in [-0.2, 0) is 20.2 Å². The van der Waals surface area contributed by atoms with Gasteiger partial charge in [-0.25, -0.2) is 8.42 Å². The average molecular weight is 614 g/mol. The molecule has 12 nitrogen and oxygen atoms in total. The quantitative estimate of drug-likeness (QED) is 0.273. The third-order valence-electron chi connectivity index (χ3n) is 7.65. The molecule has 4 rings (SSSR count). The number of ether oxygens (including phenoxy) is 1. The maximum absolute atomic E-state index is 13.5. The van der Waals surface area contributed by atoms with Gasteiger partial charge in [0.1, 0.15) is 5.70 Å². The topological polar surface area (TPSA) is 144 Å². The minimum absolute atomic E-state index is 0.197. The normalized spacial score (nSPS) is 17.3. The number of hydrogen-bond acceptors (Lipinski definition) is 9. The molecule has 0 unspecified atom stereocenters. The second-order valence-electron chi connectivity index (χ2n) is 12.0. The van der Waals surface area contributed by atoms with Gasteiger partial charge in [-0.1, -0.05) is 33.8 Å². The summed E-state index contributed by atoms with van der Waals surface area (Å²) in [6.45, 7) is 12.6. The number of nitrogens with zero attached hydrogens (tertiary/aromatic N) is 2. The van der Waals surface area contributed by atoms with Crippen molar-refractivity contribution >= 4 is 38.9 Å². The molecule has 0 aliphatic carbocycles. The van der Waals surface area contributed by atoms with Gasteiger partial charge in [-0.2, -0.15) is 0 Å². The number of likely N-dealkylation sites (N-methyl/N-ethyl adjacent to an activating group) is 1. The Kier molecular flexibility index (Phi) is 9.57. The molecule has 0 radical (unpaired) electrons. The van der Waals surface area contributed by atoms with Crippen molar-refractivity contribution in [1.82, 2.24) is 21.2 Å². The Bertz CT molecular complexity index is 1520. The van der Waals surface area contributed by atoms with Crippen LogP contribution in [0, 0.1) is 6.92 Å². The molecule has 234 valence electrons. The van der Waals surface area contributed by atoms with E-state index in [9.17, 15) is 18.0 Å². The van der Waals surface area contributed by atoms with E-state index in [1.165, 1.54) is 7.11 Å². The number of hydrazine groups is 2. The van der Waals surface area contributed by atoms with E-state index in [0.29, 0.717) is 35.2 Å². The molecule has 2 aliphatic heterocycles. The molecular formula is C30H43N7O5S. The highest BCUT2D eigenvalue weighted by Gasteiger charge is 2.26. The standard InChI is InChI=1S/C30H43N7O5S/c1-8-36-13-9-10-22(36)17-31-29(39)25-18-37(35-33-25)26-14-20(12-11-19(26)2)28(38)32-23-15-21(30(3,4)5)16-24(27(23)42-6)34-43(7,40)41/h11-12,14-16,18,22,33-35H,8-10,13,17H2,1-7H3,(H,31,39)(H,32,38)/t22-/m0/s1. The first-order chi connectivity index (χ1) is 20.2. The third kappa shape index (κ3) is 7.78. The summed E-state index contributed by atoms with van der Waals surface area (Å²) < 4.78 is 32.2. The van der Waals surface area contributed by atoms with Crippen molar-refractivity contribution in [2.24, 2.45) is 0 Å². The first-order valence-corrected chi connectivity index (χ1v) is 16.3. The second-order valence-corrected chi connectivity index (χ2v) is 13.7. The minimum Gasteiger partial charge on any atom is -0.492 e. The van der Waals surface area contributed by atoms with E-state index < -0.39 is 15.9 Å². The number of carbonyl (C=O) groups excluding carboxylic acids is 2. The van der Waals surface area contributed by atoms with Gasteiger partial charge in [0.05, 0.1) is 36.6 Å². The summed E-state index contributed by atoms with van der Waals surface area (Å²) in [5.74, 6) is -0.432. The van der Waals surface area contributed by atoms with Crippen molar-refractivity contribution in [2.45, 2.75) is 58.9 Å². The second kappa shape index (κ2) is 12.8. The SMILES string of the molecule is CCN1CCC[C@H]1CNC(=O)C1=CN(c2cc(C(=O)Nc3cc(C(C)(C)C)cc(NS(C)(=O)=O)c3OC)ccc2C)NN1. The Morgan fingerprint density at radius 2 is 1.84 bits per heavy atom. The molecule has 2 aliphatic rings. The highest BCUT2D eigenvalue weighted by atomic mass is 32.2. The lowest BCUT2D eigenvalue weighted by Crippen LogP contribution is -2.43. The highest BCUT2D eigenvalue weighted by molar-refractivity contribution is 7.92. The lowest BCUT2D eigenvalue weighted by atomic mass is 9.86. The maximum atomic E-state index is 13.5. The van der Waals surface area contributed by atoms with Crippen LogP contribution >= 0.6 is 0 Å². The zero-order valence-corrected chi connectivity index (χ0v) is 26.7. The largest absolute Gasteiger partial charge is 0.492 e. The number of likely N-dealkylation sites (tertiary alicyclic amines) is 1. The van der Waals surface area contributed by atoms with Crippen molar-refractivity contribution in [2.75, 3.05) is 48.0 Å². The molecule has 2 aromatic rings. The first-order valence-electron chi connectivity index (χ1n) is 14.4. The van der Waals surface area contributed by atoms with E-state index >= 15 is 0 Å². The van der Waals surface area contributed by atoms with E-state index in [-0.39, 0.29) is 22.8 Å². The zero-order chi connectivity index (χ0) is 31.5. The van der Waals surface area contributed by atoms with Crippen LogP contribution in [-0.4, -0.2) is 64.2 Å². The van der Waals surface area contributed by atoms with Crippen molar-refractivity contribution in [3.63, 3.8) is 0 Å². The summed E-state index contributed by atoms with van der Waals surface area (Å²) in [6, 6.07) is 9.06. The summed E-state index contributed by atoms with van der Waals surface area (Å²) in [6.07, 6.45) is 4.93. The van der Waals surface area contributed by atoms with Gasteiger partial charge >= 0.3 is 0 Å². The molecule has 1 atom stereocenters. The molecule has 2 heterocycles. The molecule has 0 saturated carbocycles. The van der Waals surface area contributed by atoms with Crippen molar-refractivity contribution in [1.29, 1.82) is 0 Å². The molecular weight excluding hydrogens is 570 g/mol. The predicted molar refractivity (Wildman–Crippen MR) is 169 cm³/mol. The monoisotopic (exact) mass is 613 g/mol. The number of rotatable bonds is 10. The van der Waals surface area contributed by atoms with E-state index in [1.807, 2.05) is 33.8 Å². The van der Waals surface area contributed by atoms with Crippen molar-refractivity contribution in [3.05, 3.63) is 58.9 Å². The number of benzene rings is 2. The van der Waals surface area contributed by atoms with Gasteiger partial charge in [0.25, 0.3) is 11.8 Å². The number of aryl methyl sites for hydroxylation is 1. The Labute approximate surface area is 254 Å². The summed E-state index contributed by atoms with van der Waals surface area (Å²) in [7, 11) is -2.19. The van der Waals surface area contributed by atoms with Crippen LogP contribution in [0.2, 0.25) is 0 Å². The average Bonchev–Trinajstić information content (AvgIpc) is 3.60. The molecule has 1 fully saturated rings. The first kappa shape index (κ1) is 32.1. The van der Waals surface area contributed by atoms with Gasteiger partial charge in [-0.3, -0.25) is 29.6 Å². The van der Waals surface area contributed by atoms with Crippen LogP contribution in [0.3, 0.4) is 0 Å². The summed E-state index contributed by atoms with van der Waals surface area (Å²) in [4.78, 5) is 28.7. The highest BCUT2D eigenvalue weighted by Crippen LogP contribution is 2.39. The zero-order valence-electron chi connectivity index (χ0n) is 25.9. The van der Waals surface area contributed by atoms with Gasteiger partial charge in [-0.15, -0.1) is 5.53 Å². The van der Waals surface area contributed by atoms with E-state index in [2.05, 4.69) is 38.1 Å². The van der Waals surface area contributed by atoms with Crippen LogP contribution in [0.15, 0.2) is 42.2 Å². The van der Waals surface area contributed by atoms with E-state index in [4.69, 9.17) is 4.74 Å². The van der Waals surface area contributed by atoms with Crippen LogP contribution in [0.4, 0.5) is 17.1 Å². The summed E-state index contributed by atoms with van der Waals surface area (Å²) >= 11 is 0. The van der Waals surface area contributed by atoms with Crippen LogP contribution in [0.25, 0.3) is 0 Å². The maximum Gasteiger partial charge on any atom is 0.270 e. The van der Waals surface area contributed by atoms with Crippen molar-refractivity contribution in [3.8, 4) is 5.75 Å². The number of methoxy groups -OCH3 is 1. The molecule has 43 heavy (non-hydrogen) atoms. The fourth-order valence-corrected chi connectivity index (χ4v) is 5.81. The minimum atomic E-state index is -3.61. The molecule has 0 bridgehead atoms. The molecule has 0 spiro atoms. The van der Waals surface area contributed by atoms with Gasteiger partial charge in [0.15, 0.2) is 5.75 Å². The smallest absolute Gasteiger partial charge is 0.270 e. The molecule has 1 saturated heterocycles. The van der Waals surface area contributed by atoms with Crippen LogP contribution < -0.4 is 36.1 Å². The molecule has 5 N–H and O–H groups in total. The van der Waals surface area contributed by atoms with Gasteiger partial charge < -0.3 is 15.4 Å². The van der Waals surface area contributed by atoms with E-state index in [0.717, 1.165) is 43.3 Å². The molecule has 13 heteroatoms. The lowest BCUT2D eigenvalue weighted by molar-refractivity contribution is -0.118. The van der Waals surface area contributed by atoms with Crippen LogP contribution in [0.5, 0.6) is 5.75 Å². The third-order valence-corrected chi connectivity index (χ3v) is 8.24. The molecule has 2 aromatic carbocycles.